The molecule has 1 aliphatic carbocycles. The highest BCUT2D eigenvalue weighted by atomic mass is 19.1. The van der Waals surface area contributed by atoms with E-state index in [-0.39, 0.29) is 28.4 Å². The molecule has 0 fully saturated rings. The van der Waals surface area contributed by atoms with Gasteiger partial charge >= 0.3 is 0 Å². The average Bonchev–Trinajstić information content (AvgIpc) is 2.38. The summed E-state index contributed by atoms with van der Waals surface area (Å²) in [6, 6.07) is 5.77. The van der Waals surface area contributed by atoms with Crippen molar-refractivity contribution >= 4 is 17.1 Å². The molecule has 1 aromatic rings. The molecule has 2 nitrogen and oxygen atoms in total. The van der Waals surface area contributed by atoms with Gasteiger partial charge in [-0.3, -0.25) is 9.59 Å². The molecule has 0 atom stereocenters. The van der Waals surface area contributed by atoms with Crippen molar-refractivity contribution in [3.05, 3.63) is 53.4 Å². The van der Waals surface area contributed by atoms with Crippen molar-refractivity contribution in [2.75, 3.05) is 0 Å². The Morgan fingerprint density at radius 1 is 1.14 bits per heavy atom. The van der Waals surface area contributed by atoms with Crippen LogP contribution in [0.4, 0.5) is 4.39 Å². The number of benzene rings is 1. The first-order chi connectivity index (χ1) is 9.78. The van der Waals surface area contributed by atoms with Gasteiger partial charge in [-0.15, -0.1) is 0 Å². The van der Waals surface area contributed by atoms with Gasteiger partial charge in [0.25, 0.3) is 0 Å². The lowest BCUT2D eigenvalue weighted by atomic mass is 9.83. The van der Waals surface area contributed by atoms with Crippen molar-refractivity contribution in [2.45, 2.75) is 33.6 Å². The largest absolute Gasteiger partial charge is 0.294 e. The van der Waals surface area contributed by atoms with Gasteiger partial charge in [0, 0.05) is 12.0 Å². The van der Waals surface area contributed by atoms with Crippen LogP contribution in [0.3, 0.4) is 0 Å². The summed E-state index contributed by atoms with van der Waals surface area (Å²) >= 11 is 0. The molecule has 0 amide bonds. The summed E-state index contributed by atoms with van der Waals surface area (Å²) < 4.78 is 13.0. The zero-order valence-electron chi connectivity index (χ0n) is 12.6. The van der Waals surface area contributed by atoms with Crippen LogP contribution in [0.15, 0.2) is 42.0 Å². The van der Waals surface area contributed by atoms with E-state index in [1.807, 2.05) is 20.8 Å². The Labute approximate surface area is 124 Å². The second-order valence-corrected chi connectivity index (χ2v) is 6.47. The Bertz CT molecular complexity index is 628. The average molecular weight is 286 g/mol. The highest BCUT2D eigenvalue weighted by Crippen LogP contribution is 2.28. The molecule has 0 saturated carbocycles. The van der Waals surface area contributed by atoms with Gasteiger partial charge in [0.05, 0.1) is 5.57 Å². The van der Waals surface area contributed by atoms with Gasteiger partial charge in [-0.25, -0.2) is 4.39 Å². The minimum atomic E-state index is -0.345. The van der Waals surface area contributed by atoms with Gasteiger partial charge in [-0.1, -0.05) is 45.1 Å². The first kappa shape index (κ1) is 15.4. The third kappa shape index (κ3) is 3.75. The number of allylic oxidation sites excluding steroid dienone is 4. The van der Waals surface area contributed by atoms with Gasteiger partial charge in [0.15, 0.2) is 11.6 Å². The molecule has 110 valence electrons. The Balaban J connectivity index is 2.22. The molecule has 0 aromatic heterocycles. The Kier molecular flexibility index (Phi) is 4.21. The van der Waals surface area contributed by atoms with E-state index in [9.17, 15) is 14.0 Å². The molecule has 0 heterocycles. The second-order valence-electron chi connectivity index (χ2n) is 6.47. The first-order valence-corrected chi connectivity index (χ1v) is 7.02. The van der Waals surface area contributed by atoms with E-state index in [1.165, 1.54) is 12.1 Å². The minimum Gasteiger partial charge on any atom is -0.294 e. The number of carbonyl (C=O) groups excluding carboxylic acids is 2. The second kappa shape index (κ2) is 5.76. The number of hydrogen-bond acceptors (Lipinski definition) is 2. The van der Waals surface area contributed by atoms with Crippen LogP contribution in [-0.4, -0.2) is 11.6 Å². The minimum absolute atomic E-state index is 0.125. The number of carbonyl (C=O) groups is 2. The fraction of sp³-hybridized carbons (Fsp3) is 0.333. The van der Waals surface area contributed by atoms with E-state index in [4.69, 9.17) is 0 Å². The van der Waals surface area contributed by atoms with Crippen molar-refractivity contribution in [1.82, 2.24) is 0 Å². The fourth-order valence-corrected chi connectivity index (χ4v) is 2.32. The SMILES string of the molecule is CC(C)(C)CC(=O)C1=CCC=C(c2ccc(F)cc2)C1=O. The van der Waals surface area contributed by atoms with Crippen LogP contribution in [0.25, 0.3) is 5.57 Å². The monoisotopic (exact) mass is 286 g/mol. The van der Waals surface area contributed by atoms with Crippen molar-refractivity contribution in [1.29, 1.82) is 0 Å². The molecule has 3 heteroatoms. The lowest BCUT2D eigenvalue weighted by molar-refractivity contribution is -0.120. The topological polar surface area (TPSA) is 34.1 Å². The molecule has 0 radical (unpaired) electrons. The summed E-state index contributed by atoms with van der Waals surface area (Å²) in [6.07, 6.45) is 4.35. The number of hydrogen-bond donors (Lipinski definition) is 0. The molecule has 0 aliphatic heterocycles. The van der Waals surface area contributed by atoms with E-state index >= 15 is 0 Å². The van der Waals surface area contributed by atoms with Gasteiger partial charge in [-0.2, -0.15) is 0 Å². The molecular weight excluding hydrogens is 267 g/mol. The van der Waals surface area contributed by atoms with E-state index in [0.717, 1.165) is 0 Å². The standard InChI is InChI=1S/C18H19FO2/c1-18(2,3)11-16(20)15-6-4-5-14(17(15)21)12-7-9-13(19)10-8-12/h5-10H,4,11H2,1-3H3. The maximum absolute atomic E-state index is 13.0. The van der Waals surface area contributed by atoms with Gasteiger partial charge in [0.1, 0.15) is 5.82 Å². The smallest absolute Gasteiger partial charge is 0.196 e. The lowest BCUT2D eigenvalue weighted by Crippen LogP contribution is -2.21. The van der Waals surface area contributed by atoms with Crippen molar-refractivity contribution in [3.63, 3.8) is 0 Å². The Hall–Kier alpha value is -2.03. The van der Waals surface area contributed by atoms with Crippen LogP contribution in [0.1, 0.15) is 39.2 Å². The quantitative estimate of drug-likeness (QED) is 0.783. The molecular formula is C18H19FO2. The van der Waals surface area contributed by atoms with Gasteiger partial charge in [0.2, 0.25) is 0 Å². The molecule has 21 heavy (non-hydrogen) atoms. The van der Waals surface area contributed by atoms with E-state index in [1.54, 1.807) is 24.3 Å². The normalized spacial score (nSPS) is 15.5. The number of Topliss-reactive ketones (excluding diaryl/α,β-unsaturated/α-hetero) is 2. The molecule has 0 saturated heterocycles. The zero-order chi connectivity index (χ0) is 15.6. The zero-order valence-corrected chi connectivity index (χ0v) is 12.6. The molecule has 0 N–H and O–H groups in total. The number of ketones is 2. The van der Waals surface area contributed by atoms with E-state index in [0.29, 0.717) is 24.0 Å². The van der Waals surface area contributed by atoms with Crippen molar-refractivity contribution in [2.24, 2.45) is 5.41 Å². The first-order valence-electron chi connectivity index (χ1n) is 7.02. The van der Waals surface area contributed by atoms with Crippen LogP contribution in [-0.2, 0) is 9.59 Å². The van der Waals surface area contributed by atoms with Crippen LogP contribution >= 0.6 is 0 Å². The summed E-state index contributed by atoms with van der Waals surface area (Å²) in [5.74, 6) is -0.732. The van der Waals surface area contributed by atoms with E-state index < -0.39 is 0 Å². The van der Waals surface area contributed by atoms with Crippen LogP contribution in [0, 0.1) is 11.2 Å². The predicted molar refractivity (Wildman–Crippen MR) is 81.2 cm³/mol. The molecule has 1 aliphatic rings. The molecule has 1 aromatic carbocycles. The summed E-state index contributed by atoms with van der Waals surface area (Å²) in [5.41, 5.74) is 1.23. The molecule has 0 spiro atoms. The highest BCUT2D eigenvalue weighted by Gasteiger charge is 2.27. The maximum atomic E-state index is 13.0. The van der Waals surface area contributed by atoms with Crippen LogP contribution in [0.5, 0.6) is 0 Å². The highest BCUT2D eigenvalue weighted by molar-refractivity contribution is 6.38. The molecule has 0 bridgehead atoms. The van der Waals surface area contributed by atoms with Crippen LogP contribution in [0.2, 0.25) is 0 Å². The summed E-state index contributed by atoms with van der Waals surface area (Å²) in [6.45, 7) is 5.90. The maximum Gasteiger partial charge on any atom is 0.196 e. The fourth-order valence-electron chi connectivity index (χ4n) is 2.32. The Morgan fingerprint density at radius 2 is 1.76 bits per heavy atom. The summed E-state index contributed by atoms with van der Waals surface area (Å²) in [7, 11) is 0. The van der Waals surface area contributed by atoms with Crippen molar-refractivity contribution in [3.8, 4) is 0 Å². The lowest BCUT2D eigenvalue weighted by Gasteiger charge is -2.19. The predicted octanol–water partition coefficient (Wildman–Crippen LogP) is 4.11. The molecule has 0 unspecified atom stereocenters. The summed E-state index contributed by atoms with van der Waals surface area (Å²) in [5, 5.41) is 0. The number of rotatable bonds is 3. The Morgan fingerprint density at radius 3 is 2.33 bits per heavy atom. The van der Waals surface area contributed by atoms with E-state index in [2.05, 4.69) is 0 Å². The van der Waals surface area contributed by atoms with Crippen molar-refractivity contribution < 1.29 is 14.0 Å². The molecule has 2 rings (SSSR count). The summed E-state index contributed by atoms with van der Waals surface area (Å²) in [4.78, 5) is 24.8. The van der Waals surface area contributed by atoms with Gasteiger partial charge < -0.3 is 0 Å². The third-order valence-electron chi connectivity index (χ3n) is 3.28. The number of halogens is 1. The van der Waals surface area contributed by atoms with Crippen LogP contribution < -0.4 is 0 Å². The van der Waals surface area contributed by atoms with Gasteiger partial charge in [-0.05, 0) is 29.5 Å². The third-order valence-corrected chi connectivity index (χ3v) is 3.28.